The van der Waals surface area contributed by atoms with Gasteiger partial charge in [-0.3, -0.25) is 9.69 Å². The standard InChI is InChI=1S/C27H23Cl3FN3O/c28-20-4-6-24-21(16-20)27(17-34(24)26(35)19-7-10-32-25(30)15-19)8-12-33(13-9-27)11-1-2-18-3-5-22(29)23(31)14-18/h1-7,10,14-16H,8-9,11-13,17H2/b2-1+. The predicted octanol–water partition coefficient (Wildman–Crippen LogP) is 6.89. The third-order valence-corrected chi connectivity index (χ3v) is 7.68. The SMILES string of the molecule is O=C(c1ccnc(Cl)c1)N1CC2(CCN(C/C=C/c3ccc(Cl)c(F)c3)CC2)c2cc(Cl)ccc21. The normalized spacial score (nSPS) is 17.3. The van der Waals surface area contributed by atoms with Gasteiger partial charge < -0.3 is 4.90 Å². The fourth-order valence-electron chi connectivity index (χ4n) is 5.06. The first-order valence-corrected chi connectivity index (χ1v) is 12.6. The highest BCUT2D eigenvalue weighted by molar-refractivity contribution is 6.31. The predicted molar refractivity (Wildman–Crippen MR) is 140 cm³/mol. The van der Waals surface area contributed by atoms with E-state index < -0.39 is 5.82 Å². The molecule has 0 unspecified atom stereocenters. The fraction of sp³-hybridized carbons (Fsp3) is 0.259. The first-order chi connectivity index (χ1) is 16.8. The van der Waals surface area contributed by atoms with Crippen molar-refractivity contribution in [1.82, 2.24) is 9.88 Å². The molecular formula is C27H23Cl3FN3O. The van der Waals surface area contributed by atoms with Crippen LogP contribution in [0.5, 0.6) is 0 Å². The van der Waals surface area contributed by atoms with Crippen LogP contribution in [-0.2, 0) is 5.41 Å². The molecule has 1 spiro atoms. The molecule has 35 heavy (non-hydrogen) atoms. The zero-order valence-corrected chi connectivity index (χ0v) is 21.1. The van der Waals surface area contributed by atoms with Gasteiger partial charge in [-0.05, 0) is 79.5 Å². The van der Waals surface area contributed by atoms with Gasteiger partial charge in [0.1, 0.15) is 11.0 Å². The van der Waals surface area contributed by atoms with Crippen LogP contribution in [-0.4, -0.2) is 42.0 Å². The Morgan fingerprint density at radius 3 is 2.60 bits per heavy atom. The number of aromatic nitrogens is 1. The molecule has 0 radical (unpaired) electrons. The number of carbonyl (C=O) groups is 1. The smallest absolute Gasteiger partial charge is 0.258 e. The van der Waals surface area contributed by atoms with Gasteiger partial charge in [0.15, 0.2) is 0 Å². The monoisotopic (exact) mass is 529 g/mol. The van der Waals surface area contributed by atoms with Crippen LogP contribution in [0.2, 0.25) is 15.2 Å². The van der Waals surface area contributed by atoms with E-state index in [0.717, 1.165) is 49.3 Å². The summed E-state index contributed by atoms with van der Waals surface area (Å²) < 4.78 is 13.7. The summed E-state index contributed by atoms with van der Waals surface area (Å²) in [6, 6.07) is 13.9. The van der Waals surface area contributed by atoms with Gasteiger partial charge >= 0.3 is 0 Å². The molecule has 4 nitrogen and oxygen atoms in total. The molecular weight excluding hydrogens is 508 g/mol. The van der Waals surface area contributed by atoms with Crippen molar-refractivity contribution >= 4 is 52.5 Å². The molecule has 1 amide bonds. The van der Waals surface area contributed by atoms with Gasteiger partial charge in [-0.25, -0.2) is 9.37 Å². The summed E-state index contributed by atoms with van der Waals surface area (Å²) in [5, 5.41) is 1.09. The number of pyridine rings is 1. The lowest BCUT2D eigenvalue weighted by molar-refractivity contribution is 0.0977. The number of carbonyl (C=O) groups excluding carboxylic acids is 1. The summed E-state index contributed by atoms with van der Waals surface area (Å²) in [7, 11) is 0. The molecule has 8 heteroatoms. The Morgan fingerprint density at radius 2 is 1.86 bits per heavy atom. The number of fused-ring (bicyclic) bond motifs is 2. The molecule has 0 aliphatic carbocycles. The van der Waals surface area contributed by atoms with Gasteiger partial charge in [0.05, 0.1) is 5.02 Å². The molecule has 180 valence electrons. The van der Waals surface area contributed by atoms with Gasteiger partial charge in [-0.1, -0.05) is 53.0 Å². The zero-order chi connectivity index (χ0) is 24.6. The molecule has 3 heterocycles. The summed E-state index contributed by atoms with van der Waals surface area (Å²) in [5.74, 6) is -0.504. The molecule has 2 aliphatic rings. The highest BCUT2D eigenvalue weighted by Crippen LogP contribution is 2.48. The molecule has 1 aromatic heterocycles. The Labute approximate surface area is 218 Å². The molecule has 2 aliphatic heterocycles. The van der Waals surface area contributed by atoms with E-state index in [4.69, 9.17) is 34.8 Å². The van der Waals surface area contributed by atoms with Gasteiger partial charge in [-0.2, -0.15) is 0 Å². The maximum atomic E-state index is 13.7. The Morgan fingerprint density at radius 1 is 1.06 bits per heavy atom. The molecule has 1 saturated heterocycles. The first kappa shape index (κ1) is 24.3. The van der Waals surface area contributed by atoms with Crippen molar-refractivity contribution in [2.75, 3.05) is 31.1 Å². The van der Waals surface area contributed by atoms with Crippen molar-refractivity contribution in [3.05, 3.63) is 98.5 Å². The van der Waals surface area contributed by atoms with Crippen LogP contribution in [0.4, 0.5) is 10.1 Å². The van der Waals surface area contributed by atoms with E-state index in [9.17, 15) is 9.18 Å². The molecule has 2 aromatic carbocycles. The summed E-state index contributed by atoms with van der Waals surface area (Å²) in [4.78, 5) is 21.6. The Hall–Kier alpha value is -2.44. The van der Waals surface area contributed by atoms with Crippen molar-refractivity contribution in [3.8, 4) is 0 Å². The highest BCUT2D eigenvalue weighted by atomic mass is 35.5. The minimum absolute atomic E-state index is 0.0877. The molecule has 5 rings (SSSR count). The number of amides is 1. The molecule has 0 atom stereocenters. The van der Waals surface area contributed by atoms with Crippen LogP contribution < -0.4 is 4.90 Å². The van der Waals surface area contributed by atoms with Gasteiger partial charge in [0.2, 0.25) is 0 Å². The molecule has 3 aromatic rings. The Balaban J connectivity index is 1.31. The van der Waals surface area contributed by atoms with E-state index in [0.29, 0.717) is 22.3 Å². The van der Waals surface area contributed by atoms with E-state index in [2.05, 4.69) is 9.88 Å². The number of halogens is 4. The van der Waals surface area contributed by atoms with E-state index in [-0.39, 0.29) is 16.3 Å². The number of benzene rings is 2. The number of piperidine rings is 1. The average Bonchev–Trinajstić information content (AvgIpc) is 3.15. The second-order valence-corrected chi connectivity index (χ2v) is 10.3. The summed E-state index contributed by atoms with van der Waals surface area (Å²) in [5.41, 5.74) is 3.19. The van der Waals surface area contributed by atoms with Gasteiger partial charge in [-0.15, -0.1) is 0 Å². The second-order valence-electron chi connectivity index (χ2n) is 9.08. The molecule has 0 bridgehead atoms. The lowest BCUT2D eigenvalue weighted by Crippen LogP contribution is -2.46. The molecule has 0 saturated carbocycles. The van der Waals surface area contributed by atoms with E-state index in [1.807, 2.05) is 35.3 Å². The van der Waals surface area contributed by atoms with Gasteiger partial charge in [0.25, 0.3) is 5.91 Å². The lowest BCUT2D eigenvalue weighted by atomic mass is 9.74. The number of anilines is 1. The van der Waals surface area contributed by atoms with E-state index in [1.54, 1.807) is 30.5 Å². The van der Waals surface area contributed by atoms with Gasteiger partial charge in [0, 0.05) is 41.0 Å². The van der Waals surface area contributed by atoms with Crippen LogP contribution in [0.15, 0.2) is 60.8 Å². The van der Waals surface area contributed by atoms with Crippen LogP contribution in [0.25, 0.3) is 6.08 Å². The number of nitrogens with zero attached hydrogens (tertiary/aromatic N) is 3. The van der Waals surface area contributed by atoms with Crippen molar-refractivity contribution in [2.45, 2.75) is 18.3 Å². The largest absolute Gasteiger partial charge is 0.307 e. The highest BCUT2D eigenvalue weighted by Gasteiger charge is 2.46. The molecule has 1 fully saturated rings. The summed E-state index contributed by atoms with van der Waals surface area (Å²) in [6.45, 7) is 3.14. The third-order valence-electron chi connectivity index (χ3n) is 6.93. The number of hydrogen-bond donors (Lipinski definition) is 0. The number of likely N-dealkylation sites (tertiary alicyclic amines) is 1. The van der Waals surface area contributed by atoms with Crippen molar-refractivity contribution in [2.24, 2.45) is 0 Å². The van der Waals surface area contributed by atoms with E-state index >= 15 is 0 Å². The van der Waals surface area contributed by atoms with Crippen molar-refractivity contribution in [3.63, 3.8) is 0 Å². The van der Waals surface area contributed by atoms with Crippen LogP contribution in [0.3, 0.4) is 0 Å². The lowest BCUT2D eigenvalue weighted by Gasteiger charge is -2.39. The van der Waals surface area contributed by atoms with Crippen LogP contribution in [0.1, 0.15) is 34.3 Å². The molecule has 0 N–H and O–H groups in total. The fourth-order valence-corrected chi connectivity index (χ4v) is 5.52. The maximum absolute atomic E-state index is 13.7. The van der Waals surface area contributed by atoms with Crippen LogP contribution >= 0.6 is 34.8 Å². The first-order valence-electron chi connectivity index (χ1n) is 11.4. The maximum Gasteiger partial charge on any atom is 0.258 e. The quantitative estimate of drug-likeness (QED) is 0.345. The summed E-state index contributed by atoms with van der Waals surface area (Å²) >= 11 is 18.2. The second kappa shape index (κ2) is 9.90. The van der Waals surface area contributed by atoms with Crippen LogP contribution in [0, 0.1) is 5.82 Å². The summed E-state index contributed by atoms with van der Waals surface area (Å²) in [6.07, 6.45) is 7.32. The Bertz CT molecular complexity index is 1300. The Kier molecular flexibility index (Phi) is 6.86. The number of hydrogen-bond acceptors (Lipinski definition) is 3. The number of rotatable bonds is 4. The minimum Gasteiger partial charge on any atom is -0.307 e. The average molecular weight is 531 g/mol. The van der Waals surface area contributed by atoms with Crippen molar-refractivity contribution < 1.29 is 9.18 Å². The van der Waals surface area contributed by atoms with Crippen molar-refractivity contribution in [1.29, 1.82) is 0 Å². The third kappa shape index (κ3) is 4.96. The zero-order valence-electron chi connectivity index (χ0n) is 18.9. The van der Waals surface area contributed by atoms with E-state index in [1.165, 1.54) is 6.07 Å². The topological polar surface area (TPSA) is 36.4 Å². The minimum atomic E-state index is -0.416.